The normalized spacial score (nSPS) is 23.4. The van der Waals surface area contributed by atoms with E-state index in [1.54, 1.807) is 0 Å². The molecular weight excluding hydrogens is 388 g/mol. The third kappa shape index (κ3) is 3.96. The van der Waals surface area contributed by atoms with Gasteiger partial charge in [-0.3, -0.25) is 9.11 Å². The highest BCUT2D eigenvalue weighted by Gasteiger charge is 2.45. The van der Waals surface area contributed by atoms with Gasteiger partial charge in [-0.1, -0.05) is 12.1 Å². The van der Waals surface area contributed by atoms with Crippen LogP contribution in [0, 0.1) is 5.41 Å². The monoisotopic (exact) mass is 415 g/mol. The van der Waals surface area contributed by atoms with Crippen LogP contribution in [-0.2, 0) is 11.1 Å². The van der Waals surface area contributed by atoms with Gasteiger partial charge in [-0.25, -0.2) is 9.97 Å². The summed E-state index contributed by atoms with van der Waals surface area (Å²) in [7, 11) is 0. The van der Waals surface area contributed by atoms with E-state index in [1.165, 1.54) is 12.1 Å². The van der Waals surface area contributed by atoms with E-state index < -0.39 is 11.1 Å². The number of hydrogen-bond acceptors (Lipinski definition) is 8. The zero-order valence-electron chi connectivity index (χ0n) is 16.5. The number of benzene rings is 1. The molecule has 9 heteroatoms. The molecule has 156 valence electrons. The second kappa shape index (κ2) is 7.79. The Kier molecular flexibility index (Phi) is 5.15. The minimum absolute atomic E-state index is 0.120. The van der Waals surface area contributed by atoms with Gasteiger partial charge in [0.15, 0.2) is 0 Å². The standard InChI is InChI=1S/C20H28N6O2S/c27-29(28)14-25-8-4-16(5-9-25)23-19-22-10-15-2-1-3-17(18(15)24-19)26-12-20(13-26)6-7-21-11-20/h1-3,10,16,21H,4-9,11-14H2,(H,27,28)(H,22,23,24)/p-1. The number of nitrogens with one attached hydrogen (secondary N) is 2. The summed E-state index contributed by atoms with van der Waals surface area (Å²) in [5.74, 6) is 0.781. The first-order chi connectivity index (χ1) is 14.1. The first-order valence-corrected chi connectivity index (χ1v) is 11.6. The molecule has 5 rings (SSSR count). The van der Waals surface area contributed by atoms with E-state index in [1.807, 2.05) is 11.1 Å². The summed E-state index contributed by atoms with van der Waals surface area (Å²) in [6.45, 7) is 5.97. The van der Waals surface area contributed by atoms with Crippen LogP contribution >= 0.6 is 0 Å². The predicted molar refractivity (Wildman–Crippen MR) is 114 cm³/mol. The van der Waals surface area contributed by atoms with Crippen LogP contribution in [0.4, 0.5) is 11.6 Å². The zero-order chi connectivity index (χ0) is 19.8. The summed E-state index contributed by atoms with van der Waals surface area (Å²) in [6.07, 6.45) is 4.94. The lowest BCUT2D eigenvalue weighted by Crippen LogP contribution is -2.57. The highest BCUT2D eigenvalue weighted by Crippen LogP contribution is 2.40. The van der Waals surface area contributed by atoms with Gasteiger partial charge in [0.05, 0.1) is 17.1 Å². The number of nitrogens with zero attached hydrogens (tertiary/aromatic N) is 4. The van der Waals surface area contributed by atoms with Crippen molar-refractivity contribution in [3.05, 3.63) is 24.4 Å². The maximum absolute atomic E-state index is 10.9. The molecule has 1 atom stereocenters. The van der Waals surface area contributed by atoms with Crippen LogP contribution in [-0.4, -0.2) is 74.8 Å². The summed E-state index contributed by atoms with van der Waals surface area (Å²) in [4.78, 5) is 13.8. The second-order valence-electron chi connectivity index (χ2n) is 8.66. The van der Waals surface area contributed by atoms with Crippen molar-refractivity contribution in [3.8, 4) is 0 Å². The molecule has 3 aliphatic heterocycles. The van der Waals surface area contributed by atoms with Crippen molar-refractivity contribution >= 4 is 33.6 Å². The van der Waals surface area contributed by atoms with Crippen molar-refractivity contribution in [1.29, 1.82) is 0 Å². The first-order valence-electron chi connectivity index (χ1n) is 10.4. The van der Waals surface area contributed by atoms with Crippen molar-refractivity contribution in [2.24, 2.45) is 5.41 Å². The summed E-state index contributed by atoms with van der Waals surface area (Å²) in [5.41, 5.74) is 2.64. The topological polar surface area (TPSA) is 96.4 Å². The molecule has 0 bridgehead atoms. The molecule has 0 saturated carbocycles. The number of piperidine rings is 1. The third-order valence-electron chi connectivity index (χ3n) is 6.52. The molecule has 1 aromatic heterocycles. The Labute approximate surface area is 173 Å². The number of likely N-dealkylation sites (tertiary alicyclic amines) is 1. The van der Waals surface area contributed by atoms with Gasteiger partial charge in [-0.2, -0.15) is 0 Å². The third-order valence-corrected chi connectivity index (χ3v) is 7.10. The van der Waals surface area contributed by atoms with E-state index in [2.05, 4.69) is 38.7 Å². The van der Waals surface area contributed by atoms with Crippen LogP contribution in [0.3, 0.4) is 0 Å². The molecule has 29 heavy (non-hydrogen) atoms. The molecule has 3 fully saturated rings. The number of rotatable bonds is 5. The fourth-order valence-corrected chi connectivity index (χ4v) is 5.46. The van der Waals surface area contributed by atoms with Gasteiger partial charge in [0.2, 0.25) is 5.95 Å². The van der Waals surface area contributed by atoms with Gasteiger partial charge in [-0.15, -0.1) is 0 Å². The lowest BCUT2D eigenvalue weighted by molar-refractivity contribution is 0.244. The van der Waals surface area contributed by atoms with Crippen molar-refractivity contribution in [1.82, 2.24) is 20.2 Å². The Morgan fingerprint density at radius 3 is 2.86 bits per heavy atom. The molecule has 8 nitrogen and oxygen atoms in total. The van der Waals surface area contributed by atoms with E-state index in [0.29, 0.717) is 11.4 Å². The molecule has 1 unspecified atom stereocenters. The van der Waals surface area contributed by atoms with E-state index in [4.69, 9.17) is 4.98 Å². The van der Waals surface area contributed by atoms with Gasteiger partial charge in [-0.05, 0) is 43.0 Å². The van der Waals surface area contributed by atoms with Crippen molar-refractivity contribution in [3.63, 3.8) is 0 Å². The Bertz CT molecular complexity index is 903. The van der Waals surface area contributed by atoms with Crippen LogP contribution in [0.1, 0.15) is 19.3 Å². The fraction of sp³-hybridized carbons (Fsp3) is 0.600. The Morgan fingerprint density at radius 2 is 2.14 bits per heavy atom. The van der Waals surface area contributed by atoms with Crippen LogP contribution in [0.2, 0.25) is 0 Å². The zero-order valence-corrected chi connectivity index (χ0v) is 17.3. The van der Waals surface area contributed by atoms with E-state index >= 15 is 0 Å². The molecule has 4 heterocycles. The molecule has 2 N–H and O–H groups in total. The molecule has 3 aliphatic rings. The highest BCUT2D eigenvalue weighted by atomic mass is 32.2. The van der Waals surface area contributed by atoms with E-state index in [9.17, 15) is 8.76 Å². The lowest BCUT2D eigenvalue weighted by Gasteiger charge is -2.49. The maximum atomic E-state index is 10.9. The maximum Gasteiger partial charge on any atom is 0.223 e. The summed E-state index contributed by atoms with van der Waals surface area (Å²) in [5, 5.41) is 8.02. The fourth-order valence-electron chi connectivity index (χ4n) is 4.90. The minimum atomic E-state index is -2.01. The molecule has 1 spiro atoms. The van der Waals surface area contributed by atoms with Gasteiger partial charge < -0.3 is 20.1 Å². The van der Waals surface area contributed by atoms with Crippen LogP contribution in [0.15, 0.2) is 24.4 Å². The van der Waals surface area contributed by atoms with Gasteiger partial charge >= 0.3 is 0 Å². The van der Waals surface area contributed by atoms with Crippen molar-refractivity contribution in [2.45, 2.75) is 25.3 Å². The highest BCUT2D eigenvalue weighted by molar-refractivity contribution is 7.79. The quantitative estimate of drug-likeness (QED) is 0.702. The Morgan fingerprint density at radius 1 is 1.31 bits per heavy atom. The Hall–Kier alpha value is -1.81. The summed E-state index contributed by atoms with van der Waals surface area (Å²) in [6, 6.07) is 6.59. The van der Waals surface area contributed by atoms with E-state index in [0.717, 1.165) is 63.0 Å². The predicted octanol–water partition coefficient (Wildman–Crippen LogP) is 1.14. The average molecular weight is 416 g/mol. The largest absolute Gasteiger partial charge is 0.771 e. The SMILES string of the molecule is O=S([O-])CN1CCC(Nc2ncc3cccc(N4CC5(CCNC5)C4)c3n2)CC1. The van der Waals surface area contributed by atoms with E-state index in [-0.39, 0.29) is 11.9 Å². The van der Waals surface area contributed by atoms with Gasteiger partial charge in [0, 0.05) is 55.8 Å². The summed E-state index contributed by atoms with van der Waals surface area (Å²) >= 11 is -2.01. The summed E-state index contributed by atoms with van der Waals surface area (Å²) < 4.78 is 21.8. The van der Waals surface area contributed by atoms with Crippen molar-refractivity contribution in [2.75, 3.05) is 55.4 Å². The van der Waals surface area contributed by atoms with Crippen LogP contribution in [0.5, 0.6) is 0 Å². The molecule has 2 aromatic rings. The van der Waals surface area contributed by atoms with Crippen LogP contribution in [0.25, 0.3) is 10.9 Å². The Balaban J connectivity index is 1.28. The van der Waals surface area contributed by atoms with Crippen LogP contribution < -0.4 is 15.5 Å². The van der Waals surface area contributed by atoms with Crippen molar-refractivity contribution < 1.29 is 8.76 Å². The average Bonchev–Trinajstić information content (AvgIpc) is 3.18. The molecular formula is C20H27N6O2S-. The molecule has 3 saturated heterocycles. The smallest absolute Gasteiger partial charge is 0.223 e. The number of anilines is 2. The van der Waals surface area contributed by atoms with Gasteiger partial charge in [0.1, 0.15) is 0 Å². The second-order valence-corrected chi connectivity index (χ2v) is 9.53. The van der Waals surface area contributed by atoms with Gasteiger partial charge in [0.25, 0.3) is 0 Å². The minimum Gasteiger partial charge on any atom is -0.771 e. The number of para-hydroxylation sites is 1. The number of fused-ring (bicyclic) bond motifs is 1. The molecule has 1 aromatic carbocycles. The first kappa shape index (κ1) is 19.2. The molecule has 0 aliphatic carbocycles. The lowest BCUT2D eigenvalue weighted by atomic mass is 9.78. The molecule has 0 amide bonds. The number of aromatic nitrogens is 2. The molecule has 0 radical (unpaired) electrons. The number of hydrogen-bond donors (Lipinski definition) is 2.